The van der Waals surface area contributed by atoms with E-state index >= 15 is 0 Å². The highest BCUT2D eigenvalue weighted by Crippen LogP contribution is 2.08. The molecule has 0 radical (unpaired) electrons. The molecular weight excluding hydrogens is 250 g/mol. The maximum Gasteiger partial charge on any atom is 0.255 e. The molecule has 1 aromatic heterocycles. The van der Waals surface area contributed by atoms with Crippen LogP contribution in [0.1, 0.15) is 56.3 Å². The minimum atomic E-state index is 0.0449. The Balaban J connectivity index is 2.46. The van der Waals surface area contributed by atoms with Gasteiger partial charge < -0.3 is 10.2 Å². The molecule has 1 amide bonds. The molecule has 112 valence electrons. The number of carbonyl (C=O) groups excluding carboxylic acids is 1. The van der Waals surface area contributed by atoms with Gasteiger partial charge in [0.15, 0.2) is 0 Å². The molecule has 0 saturated carbocycles. The van der Waals surface area contributed by atoms with E-state index in [1.807, 2.05) is 19.2 Å². The number of anilines is 1. The van der Waals surface area contributed by atoms with E-state index in [1.165, 1.54) is 12.8 Å². The molecule has 20 heavy (non-hydrogen) atoms. The maximum atomic E-state index is 12.1. The average Bonchev–Trinajstić information content (AvgIpc) is 2.49. The van der Waals surface area contributed by atoms with Crippen molar-refractivity contribution in [2.24, 2.45) is 0 Å². The van der Waals surface area contributed by atoms with Gasteiger partial charge in [-0.05, 0) is 25.0 Å². The summed E-state index contributed by atoms with van der Waals surface area (Å²) in [6.07, 6.45) is 7.38. The van der Waals surface area contributed by atoms with E-state index in [4.69, 9.17) is 0 Å². The fourth-order valence-corrected chi connectivity index (χ4v) is 1.93. The first-order valence-corrected chi connectivity index (χ1v) is 7.64. The maximum absolute atomic E-state index is 12.1. The zero-order valence-electron chi connectivity index (χ0n) is 13.0. The zero-order chi connectivity index (χ0) is 14.8. The lowest BCUT2D eigenvalue weighted by Gasteiger charge is -2.16. The molecule has 0 aliphatic heterocycles. The standard InChI is InChI=1S/C16H27N3O/c1-4-6-8-11-17-15-10-9-14(13-18-15)16(20)19(3)12-7-5-2/h9-10,13H,4-8,11-12H2,1-3H3,(H,17,18). The van der Waals surface area contributed by atoms with Gasteiger partial charge >= 0.3 is 0 Å². The predicted molar refractivity (Wildman–Crippen MR) is 84.1 cm³/mol. The minimum Gasteiger partial charge on any atom is -0.370 e. The van der Waals surface area contributed by atoms with Gasteiger partial charge in [0.1, 0.15) is 5.82 Å². The third-order valence-corrected chi connectivity index (χ3v) is 3.29. The van der Waals surface area contributed by atoms with E-state index in [0.717, 1.165) is 38.2 Å². The largest absolute Gasteiger partial charge is 0.370 e. The third-order valence-electron chi connectivity index (χ3n) is 3.29. The number of unbranched alkanes of at least 4 members (excludes halogenated alkanes) is 3. The summed E-state index contributed by atoms with van der Waals surface area (Å²) in [5.74, 6) is 0.886. The molecule has 1 aromatic rings. The van der Waals surface area contributed by atoms with E-state index < -0.39 is 0 Å². The van der Waals surface area contributed by atoms with Crippen molar-refractivity contribution in [2.45, 2.75) is 46.0 Å². The Hall–Kier alpha value is -1.58. The quantitative estimate of drug-likeness (QED) is 0.702. The van der Waals surface area contributed by atoms with Crippen molar-refractivity contribution in [3.05, 3.63) is 23.9 Å². The van der Waals surface area contributed by atoms with Gasteiger partial charge in [0.05, 0.1) is 5.56 Å². The molecule has 1 N–H and O–H groups in total. The van der Waals surface area contributed by atoms with Gasteiger partial charge in [-0.2, -0.15) is 0 Å². The molecule has 1 rings (SSSR count). The third kappa shape index (κ3) is 5.59. The zero-order valence-corrected chi connectivity index (χ0v) is 13.0. The van der Waals surface area contributed by atoms with Gasteiger partial charge in [-0.15, -0.1) is 0 Å². The van der Waals surface area contributed by atoms with Crippen LogP contribution in [0.3, 0.4) is 0 Å². The lowest BCUT2D eigenvalue weighted by molar-refractivity contribution is 0.0793. The minimum absolute atomic E-state index is 0.0449. The van der Waals surface area contributed by atoms with Crippen molar-refractivity contribution in [3.8, 4) is 0 Å². The van der Waals surface area contributed by atoms with E-state index in [2.05, 4.69) is 24.1 Å². The van der Waals surface area contributed by atoms with Crippen LogP contribution in [0.4, 0.5) is 5.82 Å². The Bertz CT molecular complexity index is 389. The number of amides is 1. The molecule has 0 unspecified atom stereocenters. The van der Waals surface area contributed by atoms with Crippen LogP contribution >= 0.6 is 0 Å². The first-order valence-electron chi connectivity index (χ1n) is 7.64. The fourth-order valence-electron chi connectivity index (χ4n) is 1.93. The molecule has 0 atom stereocenters. The highest BCUT2D eigenvalue weighted by molar-refractivity contribution is 5.93. The smallest absolute Gasteiger partial charge is 0.255 e. The second kappa shape index (κ2) is 9.34. The van der Waals surface area contributed by atoms with Gasteiger partial charge in [-0.3, -0.25) is 4.79 Å². The summed E-state index contributed by atoms with van der Waals surface area (Å²) in [7, 11) is 1.84. The number of hydrogen-bond acceptors (Lipinski definition) is 3. The molecule has 0 bridgehead atoms. The summed E-state index contributed by atoms with van der Waals surface area (Å²) in [4.78, 5) is 18.2. The Morgan fingerprint density at radius 1 is 1.20 bits per heavy atom. The summed E-state index contributed by atoms with van der Waals surface area (Å²) in [5.41, 5.74) is 0.655. The Labute approximate surface area is 122 Å². The monoisotopic (exact) mass is 277 g/mol. The normalized spacial score (nSPS) is 10.3. The number of hydrogen-bond donors (Lipinski definition) is 1. The molecule has 0 aromatic carbocycles. The highest BCUT2D eigenvalue weighted by atomic mass is 16.2. The van der Waals surface area contributed by atoms with E-state index in [1.54, 1.807) is 11.1 Å². The number of nitrogens with one attached hydrogen (secondary N) is 1. The lowest BCUT2D eigenvalue weighted by atomic mass is 10.2. The second-order valence-electron chi connectivity index (χ2n) is 5.15. The summed E-state index contributed by atoms with van der Waals surface area (Å²) in [6, 6.07) is 3.73. The second-order valence-corrected chi connectivity index (χ2v) is 5.15. The number of pyridine rings is 1. The number of carbonyl (C=O) groups is 1. The Kier molecular flexibility index (Phi) is 7.70. The van der Waals surface area contributed by atoms with Crippen LogP contribution in [0, 0.1) is 0 Å². The molecule has 0 spiro atoms. The van der Waals surface area contributed by atoms with Crippen LogP contribution in [-0.2, 0) is 0 Å². The van der Waals surface area contributed by atoms with Crippen LogP contribution < -0.4 is 5.32 Å². The first kappa shape index (κ1) is 16.5. The van der Waals surface area contributed by atoms with Crippen molar-refractivity contribution < 1.29 is 4.79 Å². The van der Waals surface area contributed by atoms with E-state index in [-0.39, 0.29) is 5.91 Å². The van der Waals surface area contributed by atoms with Gasteiger partial charge in [-0.1, -0.05) is 33.1 Å². The summed E-state index contributed by atoms with van der Waals surface area (Å²) in [5, 5.41) is 3.27. The van der Waals surface area contributed by atoms with E-state index in [0.29, 0.717) is 5.56 Å². The molecule has 0 saturated heterocycles. The van der Waals surface area contributed by atoms with Crippen molar-refractivity contribution in [1.29, 1.82) is 0 Å². The predicted octanol–water partition coefficient (Wildman–Crippen LogP) is 3.56. The van der Waals surface area contributed by atoms with Crippen LogP contribution in [0.2, 0.25) is 0 Å². The van der Waals surface area contributed by atoms with Crippen molar-refractivity contribution in [1.82, 2.24) is 9.88 Å². The lowest BCUT2D eigenvalue weighted by Crippen LogP contribution is -2.27. The average molecular weight is 277 g/mol. The number of nitrogens with zero attached hydrogens (tertiary/aromatic N) is 2. The van der Waals surface area contributed by atoms with Crippen LogP contribution in [0.25, 0.3) is 0 Å². The van der Waals surface area contributed by atoms with Crippen molar-refractivity contribution in [2.75, 3.05) is 25.5 Å². The first-order chi connectivity index (χ1) is 9.69. The highest BCUT2D eigenvalue weighted by Gasteiger charge is 2.11. The van der Waals surface area contributed by atoms with Gasteiger partial charge in [0, 0.05) is 26.3 Å². The molecule has 0 aliphatic carbocycles. The molecular formula is C16H27N3O. The van der Waals surface area contributed by atoms with Crippen LogP contribution in [-0.4, -0.2) is 35.9 Å². The van der Waals surface area contributed by atoms with Gasteiger partial charge in [-0.25, -0.2) is 4.98 Å². The van der Waals surface area contributed by atoms with Crippen LogP contribution in [0.15, 0.2) is 18.3 Å². The number of rotatable bonds is 9. The summed E-state index contributed by atoms with van der Waals surface area (Å²) in [6.45, 7) is 6.05. The molecule has 0 fully saturated rings. The molecule has 1 heterocycles. The number of aromatic nitrogens is 1. The van der Waals surface area contributed by atoms with Gasteiger partial charge in [0.2, 0.25) is 0 Å². The summed E-state index contributed by atoms with van der Waals surface area (Å²) < 4.78 is 0. The fraction of sp³-hybridized carbons (Fsp3) is 0.625. The Morgan fingerprint density at radius 2 is 1.95 bits per heavy atom. The molecule has 4 heteroatoms. The summed E-state index contributed by atoms with van der Waals surface area (Å²) >= 11 is 0. The Morgan fingerprint density at radius 3 is 2.55 bits per heavy atom. The van der Waals surface area contributed by atoms with E-state index in [9.17, 15) is 4.79 Å². The van der Waals surface area contributed by atoms with Crippen molar-refractivity contribution in [3.63, 3.8) is 0 Å². The van der Waals surface area contributed by atoms with Crippen molar-refractivity contribution >= 4 is 11.7 Å². The molecule has 4 nitrogen and oxygen atoms in total. The molecule has 0 aliphatic rings. The topological polar surface area (TPSA) is 45.2 Å². The van der Waals surface area contributed by atoms with Crippen LogP contribution in [0.5, 0.6) is 0 Å². The SMILES string of the molecule is CCCCCNc1ccc(C(=O)N(C)CCCC)cn1. The van der Waals surface area contributed by atoms with Gasteiger partial charge in [0.25, 0.3) is 5.91 Å².